The molecule has 5 nitrogen and oxygen atoms in total. The van der Waals surface area contributed by atoms with Crippen LogP contribution in [-0.2, 0) is 14.9 Å². The van der Waals surface area contributed by atoms with E-state index in [1.165, 1.54) is 0 Å². The Morgan fingerprint density at radius 1 is 1.64 bits per heavy atom. The Bertz CT molecular complexity index is 221. The van der Waals surface area contributed by atoms with Crippen LogP contribution in [-0.4, -0.2) is 29.3 Å². The smallest absolute Gasteiger partial charge is 0.746 e. The van der Waals surface area contributed by atoms with Crippen LogP contribution >= 0.6 is 0 Å². The van der Waals surface area contributed by atoms with Gasteiger partial charge in [0.15, 0.2) is 0 Å². The topological polar surface area (TPSA) is 94.5 Å². The summed E-state index contributed by atoms with van der Waals surface area (Å²) in [6.45, 7) is 1.09. The van der Waals surface area contributed by atoms with Gasteiger partial charge in [-0.1, -0.05) is 0 Å². The first-order valence-corrected chi connectivity index (χ1v) is 3.93. The van der Waals surface area contributed by atoms with E-state index < -0.39 is 27.8 Å². The molecule has 1 N–H and O–H groups in total. The summed E-state index contributed by atoms with van der Waals surface area (Å²) in [5, 5.41) is 8.43. The van der Waals surface area contributed by atoms with Crippen LogP contribution in [0.4, 0.5) is 0 Å². The molecular weight excluding hydrogens is 183 g/mol. The number of carbonyl (C=O) groups excluding carboxylic acids is 1. The van der Waals surface area contributed by atoms with Gasteiger partial charge < -0.3 is 9.66 Å². The van der Waals surface area contributed by atoms with E-state index in [0.29, 0.717) is 0 Å². The van der Waals surface area contributed by atoms with Gasteiger partial charge in [0, 0.05) is 6.42 Å². The molecule has 0 aromatic carbocycles. The molecule has 0 aliphatic rings. The number of carbonyl (C=O) groups is 1. The van der Waals surface area contributed by atoms with Crippen LogP contribution in [0.15, 0.2) is 0 Å². The Morgan fingerprint density at radius 3 is 2.09 bits per heavy atom. The SMILES string of the molecule is CC(=O)CC(O)S(=O)(=O)[O-].[Na+]. The molecule has 0 aliphatic carbocycles. The zero-order chi connectivity index (χ0) is 8.36. The first-order valence-electron chi connectivity index (χ1n) is 2.46. The molecule has 0 aromatic rings. The fourth-order valence-corrected chi connectivity index (χ4v) is 0.787. The van der Waals surface area contributed by atoms with E-state index in [9.17, 15) is 17.8 Å². The third kappa shape index (κ3) is 6.92. The number of hydrogen-bond acceptors (Lipinski definition) is 5. The largest absolute Gasteiger partial charge is 1.00 e. The number of aliphatic hydroxyl groups excluding tert-OH is 1. The van der Waals surface area contributed by atoms with Crippen molar-refractivity contribution in [3.63, 3.8) is 0 Å². The van der Waals surface area contributed by atoms with Gasteiger partial charge >= 0.3 is 29.6 Å². The zero-order valence-electron chi connectivity index (χ0n) is 6.27. The minimum atomic E-state index is -4.71. The summed E-state index contributed by atoms with van der Waals surface area (Å²) in [5.74, 6) is -0.535. The third-order valence-electron chi connectivity index (χ3n) is 0.795. The summed E-state index contributed by atoms with van der Waals surface area (Å²) < 4.78 is 29.7. The summed E-state index contributed by atoms with van der Waals surface area (Å²) in [7, 11) is -4.71. The first-order chi connectivity index (χ1) is 4.34. The van der Waals surface area contributed by atoms with Crippen LogP contribution in [0, 0.1) is 0 Å². The molecule has 0 radical (unpaired) electrons. The minimum Gasteiger partial charge on any atom is -0.746 e. The Hall–Kier alpha value is 0.540. The normalized spacial score (nSPS) is 13.4. The van der Waals surface area contributed by atoms with E-state index in [-0.39, 0.29) is 29.6 Å². The van der Waals surface area contributed by atoms with E-state index in [1.54, 1.807) is 0 Å². The second-order valence-electron chi connectivity index (χ2n) is 1.85. The van der Waals surface area contributed by atoms with Crippen molar-refractivity contribution < 1.29 is 52.4 Å². The van der Waals surface area contributed by atoms with E-state index in [4.69, 9.17) is 5.11 Å². The molecule has 0 fully saturated rings. The van der Waals surface area contributed by atoms with Crippen molar-refractivity contribution in [3.05, 3.63) is 0 Å². The molecule has 0 aromatic heterocycles. The average Bonchev–Trinajstić information content (AvgIpc) is 1.60. The molecule has 60 valence electrons. The second-order valence-corrected chi connectivity index (χ2v) is 3.38. The molecule has 0 aliphatic heterocycles. The number of Topliss-reactive ketones (excluding diaryl/α,β-unsaturated/α-hetero) is 1. The van der Waals surface area contributed by atoms with Crippen LogP contribution < -0.4 is 29.6 Å². The zero-order valence-corrected chi connectivity index (χ0v) is 9.09. The van der Waals surface area contributed by atoms with Crippen molar-refractivity contribution in [2.24, 2.45) is 0 Å². The number of ketones is 1. The van der Waals surface area contributed by atoms with Crippen LogP contribution in [0.2, 0.25) is 0 Å². The van der Waals surface area contributed by atoms with Crippen molar-refractivity contribution in [2.75, 3.05) is 0 Å². The standard InChI is InChI=1S/C4H8O5S.Na/c1-3(5)2-4(6)10(7,8)9;/h4,6H,2H2,1H3,(H,7,8,9);/q;+1/p-1. The molecule has 0 rings (SSSR count). The quantitative estimate of drug-likeness (QED) is 0.360. The third-order valence-corrected chi connectivity index (χ3v) is 1.63. The molecular formula is C4H7NaO5S. The van der Waals surface area contributed by atoms with E-state index in [0.717, 1.165) is 6.92 Å². The Kier molecular flexibility index (Phi) is 6.70. The molecule has 1 unspecified atom stereocenters. The summed E-state index contributed by atoms with van der Waals surface area (Å²) in [4.78, 5) is 10.1. The van der Waals surface area contributed by atoms with Gasteiger partial charge in [-0.25, -0.2) is 8.42 Å². The Labute approximate surface area is 86.8 Å². The van der Waals surface area contributed by atoms with E-state index in [2.05, 4.69) is 0 Å². The maximum atomic E-state index is 10.1. The molecule has 0 saturated carbocycles. The van der Waals surface area contributed by atoms with Crippen LogP contribution in [0.25, 0.3) is 0 Å². The molecule has 0 amide bonds. The second kappa shape index (κ2) is 5.23. The molecule has 0 saturated heterocycles. The number of hydrogen-bond donors (Lipinski definition) is 1. The first kappa shape index (κ1) is 14.1. The fraction of sp³-hybridized carbons (Fsp3) is 0.750. The molecule has 7 heteroatoms. The Morgan fingerprint density at radius 2 is 2.00 bits per heavy atom. The predicted molar refractivity (Wildman–Crippen MR) is 31.0 cm³/mol. The fourth-order valence-electron chi connectivity index (χ4n) is 0.348. The Balaban J connectivity index is 0. The molecule has 0 bridgehead atoms. The van der Waals surface area contributed by atoms with Gasteiger partial charge in [-0.2, -0.15) is 0 Å². The summed E-state index contributed by atoms with van der Waals surface area (Å²) in [6.07, 6.45) is -0.633. The molecule has 1 atom stereocenters. The van der Waals surface area contributed by atoms with Gasteiger partial charge in [0.25, 0.3) is 0 Å². The average molecular weight is 190 g/mol. The monoisotopic (exact) mass is 190 g/mol. The maximum absolute atomic E-state index is 10.1. The van der Waals surface area contributed by atoms with Crippen molar-refractivity contribution in [1.82, 2.24) is 0 Å². The van der Waals surface area contributed by atoms with Crippen LogP contribution in [0.5, 0.6) is 0 Å². The minimum absolute atomic E-state index is 0. The predicted octanol–water partition coefficient (Wildman–Crippen LogP) is -4.17. The van der Waals surface area contributed by atoms with Gasteiger partial charge in [0.05, 0.1) is 0 Å². The maximum Gasteiger partial charge on any atom is 1.00 e. The molecule has 0 spiro atoms. The van der Waals surface area contributed by atoms with Gasteiger partial charge in [0.2, 0.25) is 0 Å². The van der Waals surface area contributed by atoms with Crippen LogP contribution in [0.3, 0.4) is 0 Å². The number of aliphatic hydroxyl groups is 1. The van der Waals surface area contributed by atoms with E-state index in [1.807, 2.05) is 0 Å². The number of rotatable bonds is 3. The van der Waals surface area contributed by atoms with Crippen molar-refractivity contribution in [1.29, 1.82) is 0 Å². The van der Waals surface area contributed by atoms with Crippen molar-refractivity contribution >= 4 is 15.9 Å². The van der Waals surface area contributed by atoms with Gasteiger partial charge in [-0.15, -0.1) is 0 Å². The van der Waals surface area contributed by atoms with Crippen LogP contribution in [0.1, 0.15) is 13.3 Å². The van der Waals surface area contributed by atoms with Gasteiger partial charge in [-0.3, -0.25) is 4.79 Å². The molecule has 0 heterocycles. The summed E-state index contributed by atoms with van der Waals surface area (Å²) in [6, 6.07) is 0. The van der Waals surface area contributed by atoms with E-state index >= 15 is 0 Å². The summed E-state index contributed by atoms with van der Waals surface area (Å²) >= 11 is 0. The summed E-state index contributed by atoms with van der Waals surface area (Å²) in [5.41, 5.74) is -2.09. The van der Waals surface area contributed by atoms with Crippen molar-refractivity contribution in [2.45, 2.75) is 18.8 Å². The molecule has 11 heavy (non-hydrogen) atoms. The van der Waals surface area contributed by atoms with Gasteiger partial charge in [0.1, 0.15) is 21.3 Å². The van der Waals surface area contributed by atoms with Gasteiger partial charge in [-0.05, 0) is 6.92 Å². The van der Waals surface area contributed by atoms with Crippen molar-refractivity contribution in [3.8, 4) is 0 Å².